The van der Waals surface area contributed by atoms with Crippen LogP contribution in [0.3, 0.4) is 0 Å². The third kappa shape index (κ3) is 2.46. The first-order chi connectivity index (χ1) is 12.6. The Kier molecular flexibility index (Phi) is 4.28. The molecule has 7 heteroatoms. The number of fused-ring (bicyclic) bond motifs is 2. The SMILES string of the molecule is CN1C(=O)C2(OCCCO2)c2c(C(=O)C(=O)N3CCCCC3)cccc21. The van der Waals surface area contributed by atoms with Gasteiger partial charge in [-0.05, 0) is 31.7 Å². The second kappa shape index (κ2) is 6.48. The maximum Gasteiger partial charge on any atom is 0.294 e. The van der Waals surface area contributed by atoms with Crippen molar-refractivity contribution in [3.8, 4) is 0 Å². The van der Waals surface area contributed by atoms with Crippen molar-refractivity contribution >= 4 is 23.3 Å². The average molecular weight is 358 g/mol. The molecule has 0 aliphatic carbocycles. The molecule has 2 fully saturated rings. The van der Waals surface area contributed by atoms with E-state index in [4.69, 9.17) is 9.47 Å². The Morgan fingerprint density at radius 2 is 1.73 bits per heavy atom. The summed E-state index contributed by atoms with van der Waals surface area (Å²) in [6.45, 7) is 1.91. The van der Waals surface area contributed by atoms with Gasteiger partial charge in [-0.3, -0.25) is 14.4 Å². The van der Waals surface area contributed by atoms with E-state index in [1.54, 1.807) is 30.1 Å². The zero-order valence-electron chi connectivity index (χ0n) is 14.8. The van der Waals surface area contributed by atoms with Gasteiger partial charge in [0.25, 0.3) is 23.4 Å². The van der Waals surface area contributed by atoms with Crippen molar-refractivity contribution in [2.24, 2.45) is 0 Å². The standard InChI is InChI=1S/C19H22N2O5/c1-20-14-8-5-7-13(16(22)17(23)21-9-3-2-4-10-21)15(14)19(18(20)24)25-11-6-12-26-19/h5,7-8H,2-4,6,9-12H2,1H3. The monoisotopic (exact) mass is 358 g/mol. The minimum absolute atomic E-state index is 0.192. The van der Waals surface area contributed by atoms with Crippen molar-refractivity contribution in [1.29, 1.82) is 0 Å². The summed E-state index contributed by atoms with van der Waals surface area (Å²) < 4.78 is 11.5. The highest BCUT2D eigenvalue weighted by Crippen LogP contribution is 2.46. The largest absolute Gasteiger partial charge is 0.338 e. The number of ketones is 1. The number of carbonyl (C=O) groups is 3. The lowest BCUT2D eigenvalue weighted by atomic mass is 9.95. The first-order valence-electron chi connectivity index (χ1n) is 9.09. The van der Waals surface area contributed by atoms with Crippen LogP contribution in [0.15, 0.2) is 18.2 Å². The Morgan fingerprint density at radius 3 is 2.42 bits per heavy atom. The molecule has 0 saturated carbocycles. The van der Waals surface area contributed by atoms with E-state index in [1.807, 2.05) is 0 Å². The molecule has 7 nitrogen and oxygen atoms in total. The third-order valence-corrected chi connectivity index (χ3v) is 5.30. The second-order valence-electron chi connectivity index (χ2n) is 6.91. The van der Waals surface area contributed by atoms with Crippen LogP contribution in [-0.2, 0) is 24.8 Å². The molecule has 138 valence electrons. The summed E-state index contributed by atoms with van der Waals surface area (Å²) in [5.74, 6) is -3.11. The molecule has 2 amide bonds. The minimum atomic E-state index is -1.61. The second-order valence-corrected chi connectivity index (χ2v) is 6.91. The molecule has 1 aromatic carbocycles. The van der Waals surface area contributed by atoms with Gasteiger partial charge in [-0.25, -0.2) is 0 Å². The van der Waals surface area contributed by atoms with E-state index in [9.17, 15) is 14.4 Å². The molecule has 3 heterocycles. The number of nitrogens with zero attached hydrogens (tertiary/aromatic N) is 2. The predicted octanol–water partition coefficient (Wildman–Crippen LogP) is 1.45. The van der Waals surface area contributed by atoms with Crippen LogP contribution in [0, 0.1) is 0 Å². The molecule has 3 aliphatic rings. The van der Waals surface area contributed by atoms with E-state index in [0.717, 1.165) is 19.3 Å². The number of Topliss-reactive ketones (excluding diaryl/α,β-unsaturated/α-hetero) is 1. The smallest absolute Gasteiger partial charge is 0.294 e. The molecule has 0 radical (unpaired) electrons. The number of rotatable bonds is 2. The molecular weight excluding hydrogens is 336 g/mol. The van der Waals surface area contributed by atoms with Gasteiger partial charge in [0.2, 0.25) is 0 Å². The molecule has 4 rings (SSSR count). The van der Waals surface area contributed by atoms with Crippen molar-refractivity contribution in [3.63, 3.8) is 0 Å². The number of benzene rings is 1. The highest BCUT2D eigenvalue weighted by atomic mass is 16.7. The first kappa shape index (κ1) is 17.2. The fourth-order valence-electron chi connectivity index (χ4n) is 3.95. The Hall–Kier alpha value is -2.25. The Balaban J connectivity index is 1.76. The van der Waals surface area contributed by atoms with Crippen LogP contribution >= 0.6 is 0 Å². The lowest BCUT2D eigenvalue weighted by molar-refractivity contribution is -0.256. The first-order valence-corrected chi connectivity index (χ1v) is 9.09. The van der Waals surface area contributed by atoms with E-state index in [0.29, 0.717) is 44.0 Å². The van der Waals surface area contributed by atoms with Gasteiger partial charge in [0.05, 0.1) is 24.5 Å². The van der Waals surface area contributed by atoms with Gasteiger partial charge in [0, 0.05) is 25.7 Å². The number of hydrogen-bond donors (Lipinski definition) is 0. The van der Waals surface area contributed by atoms with Crippen LogP contribution in [0.5, 0.6) is 0 Å². The Morgan fingerprint density at radius 1 is 1.04 bits per heavy atom. The molecule has 3 aliphatic heterocycles. The lowest BCUT2D eigenvalue weighted by Gasteiger charge is -2.33. The molecule has 0 N–H and O–H groups in total. The molecule has 1 aromatic rings. The van der Waals surface area contributed by atoms with Crippen LogP contribution in [0.1, 0.15) is 41.6 Å². The third-order valence-electron chi connectivity index (χ3n) is 5.30. The molecule has 26 heavy (non-hydrogen) atoms. The van der Waals surface area contributed by atoms with Crippen LogP contribution in [0.4, 0.5) is 5.69 Å². The molecule has 0 atom stereocenters. The van der Waals surface area contributed by atoms with E-state index in [1.165, 1.54) is 4.90 Å². The number of anilines is 1. The quantitative estimate of drug-likeness (QED) is 0.591. The molecule has 0 bridgehead atoms. The summed E-state index contributed by atoms with van der Waals surface area (Å²) >= 11 is 0. The van der Waals surface area contributed by atoms with Crippen molar-refractivity contribution < 1.29 is 23.9 Å². The van der Waals surface area contributed by atoms with E-state index in [-0.39, 0.29) is 11.5 Å². The number of likely N-dealkylation sites (N-methyl/N-ethyl adjacent to an activating group) is 1. The van der Waals surface area contributed by atoms with Gasteiger partial charge in [-0.2, -0.15) is 0 Å². The summed E-state index contributed by atoms with van der Waals surface area (Å²) in [5, 5.41) is 0. The van der Waals surface area contributed by atoms with E-state index < -0.39 is 17.5 Å². The Bertz CT molecular complexity index is 763. The normalized spacial score (nSPS) is 21.8. The predicted molar refractivity (Wildman–Crippen MR) is 92.8 cm³/mol. The summed E-state index contributed by atoms with van der Waals surface area (Å²) in [7, 11) is 1.62. The Labute approximate surface area is 151 Å². The van der Waals surface area contributed by atoms with Crippen molar-refractivity contribution in [1.82, 2.24) is 4.90 Å². The van der Waals surface area contributed by atoms with Crippen LogP contribution in [-0.4, -0.2) is 55.8 Å². The van der Waals surface area contributed by atoms with Gasteiger partial charge in [0.1, 0.15) is 0 Å². The maximum absolute atomic E-state index is 13.0. The van der Waals surface area contributed by atoms with Gasteiger partial charge in [-0.15, -0.1) is 0 Å². The van der Waals surface area contributed by atoms with E-state index in [2.05, 4.69) is 0 Å². The highest BCUT2D eigenvalue weighted by Gasteiger charge is 2.56. The topological polar surface area (TPSA) is 76.1 Å². The van der Waals surface area contributed by atoms with Gasteiger partial charge < -0.3 is 19.3 Å². The molecule has 0 unspecified atom stereocenters. The fourth-order valence-corrected chi connectivity index (χ4v) is 3.95. The number of amides is 2. The zero-order valence-corrected chi connectivity index (χ0v) is 14.8. The van der Waals surface area contributed by atoms with Crippen molar-refractivity contribution in [2.75, 3.05) is 38.3 Å². The summed E-state index contributed by atoms with van der Waals surface area (Å²) in [6, 6.07) is 5.01. The van der Waals surface area contributed by atoms with Gasteiger partial charge in [-0.1, -0.05) is 12.1 Å². The number of likely N-dealkylation sites (tertiary alicyclic amines) is 1. The van der Waals surface area contributed by atoms with Gasteiger partial charge >= 0.3 is 0 Å². The summed E-state index contributed by atoms with van der Waals surface area (Å²) in [6.07, 6.45) is 3.56. The zero-order chi connectivity index (χ0) is 18.3. The van der Waals surface area contributed by atoms with Gasteiger partial charge in [0.15, 0.2) is 0 Å². The minimum Gasteiger partial charge on any atom is -0.338 e. The number of hydrogen-bond acceptors (Lipinski definition) is 5. The average Bonchev–Trinajstić information content (AvgIpc) is 2.90. The summed E-state index contributed by atoms with van der Waals surface area (Å²) in [5.41, 5.74) is 1.11. The molecule has 0 aromatic heterocycles. The molecule has 2 saturated heterocycles. The van der Waals surface area contributed by atoms with E-state index >= 15 is 0 Å². The fraction of sp³-hybridized carbons (Fsp3) is 0.526. The lowest BCUT2D eigenvalue weighted by Crippen LogP contribution is -2.47. The number of ether oxygens (including phenoxy) is 2. The molecular formula is C19H22N2O5. The number of carbonyl (C=O) groups excluding carboxylic acids is 3. The van der Waals surface area contributed by atoms with Crippen molar-refractivity contribution in [3.05, 3.63) is 29.3 Å². The highest BCUT2D eigenvalue weighted by molar-refractivity contribution is 6.43. The number of piperidine rings is 1. The van der Waals surface area contributed by atoms with Crippen LogP contribution in [0.25, 0.3) is 0 Å². The van der Waals surface area contributed by atoms with Crippen molar-refractivity contribution in [2.45, 2.75) is 31.5 Å². The van der Waals surface area contributed by atoms with Crippen LogP contribution < -0.4 is 4.90 Å². The maximum atomic E-state index is 13.0. The summed E-state index contributed by atoms with van der Waals surface area (Å²) in [4.78, 5) is 41.6. The van der Waals surface area contributed by atoms with Crippen LogP contribution in [0.2, 0.25) is 0 Å². The molecule has 1 spiro atoms.